The van der Waals surface area contributed by atoms with Crippen LogP contribution in [-0.2, 0) is 39.6 Å². The summed E-state index contributed by atoms with van der Waals surface area (Å²) in [5.74, 6) is -4.55. The SMILES string of the molecule is CC(C)CC(NC(=O)[C@H](Cc1ccccc1)NC(=O)c1cnccn1)[B-]12OC(=O)C[C@@](CC(=O)N(C)C)(O1)C(=O)O2. The Morgan fingerprint density at radius 1 is 1.07 bits per heavy atom. The number of hydrogen-bond donors (Lipinski definition) is 2. The standard InChI is InChI=1S/C27H33BN5O8/c1-17(2)12-21(28-39-23(35)15-27(41-28,26(38)40-28)14-22(34)33(3)4)32-24(36)19(13-18-8-6-5-7-9-18)31-25(37)20-16-29-10-11-30-20/h5-11,16-17,19,21H,12-15H2,1-4H3,(H,31,37)(H,32,36)/q-1/t19-,21?,27+,28?/m0/s1. The monoisotopic (exact) mass is 566 g/mol. The van der Waals surface area contributed by atoms with Crippen LogP contribution in [0.5, 0.6) is 0 Å². The van der Waals surface area contributed by atoms with E-state index in [2.05, 4.69) is 20.6 Å². The van der Waals surface area contributed by atoms with Gasteiger partial charge in [-0.15, -0.1) is 0 Å². The van der Waals surface area contributed by atoms with E-state index < -0.39 is 66.8 Å². The smallest absolute Gasteiger partial charge is 0.518 e. The third-order valence-electron chi connectivity index (χ3n) is 6.94. The molecular formula is C27H33BN5O8-. The quantitative estimate of drug-likeness (QED) is 0.367. The summed E-state index contributed by atoms with van der Waals surface area (Å²) in [6.07, 6.45) is 3.45. The second kappa shape index (κ2) is 12.0. The van der Waals surface area contributed by atoms with Crippen molar-refractivity contribution in [3.05, 3.63) is 60.2 Å². The molecule has 218 valence electrons. The van der Waals surface area contributed by atoms with E-state index in [0.29, 0.717) is 0 Å². The number of carbonyl (C=O) groups is 5. The summed E-state index contributed by atoms with van der Waals surface area (Å²) in [5, 5.41) is 5.51. The molecule has 4 atom stereocenters. The van der Waals surface area contributed by atoms with Gasteiger partial charge in [0.2, 0.25) is 11.8 Å². The highest BCUT2D eigenvalue weighted by atomic mass is 16.8. The van der Waals surface area contributed by atoms with Crippen LogP contribution in [-0.4, -0.2) is 83.0 Å². The topological polar surface area (TPSA) is 166 Å². The molecule has 3 amide bonds. The number of carbonyl (C=O) groups excluding carboxylic acids is 5. The van der Waals surface area contributed by atoms with Gasteiger partial charge in [0.05, 0.1) is 19.0 Å². The molecule has 41 heavy (non-hydrogen) atoms. The molecule has 1 aromatic carbocycles. The molecule has 2 N–H and O–H groups in total. The molecule has 14 heteroatoms. The fourth-order valence-electron chi connectivity index (χ4n) is 4.91. The van der Waals surface area contributed by atoms with Crippen LogP contribution in [0.15, 0.2) is 48.9 Å². The van der Waals surface area contributed by atoms with Crippen LogP contribution < -0.4 is 10.6 Å². The van der Waals surface area contributed by atoms with Gasteiger partial charge in [0.1, 0.15) is 17.3 Å². The third kappa shape index (κ3) is 6.71. The molecule has 0 radical (unpaired) electrons. The Balaban J connectivity index is 1.62. The van der Waals surface area contributed by atoms with E-state index in [1.165, 1.54) is 37.6 Å². The highest BCUT2D eigenvalue weighted by Crippen LogP contribution is 2.43. The lowest BCUT2D eigenvalue weighted by Crippen LogP contribution is -2.66. The molecule has 0 aliphatic carbocycles. The lowest BCUT2D eigenvalue weighted by Gasteiger charge is -2.46. The Kier molecular flexibility index (Phi) is 8.71. The lowest BCUT2D eigenvalue weighted by molar-refractivity contribution is -0.158. The fourth-order valence-corrected chi connectivity index (χ4v) is 4.91. The normalized spacial score (nSPS) is 22.8. The maximum Gasteiger partial charge on any atom is 0.518 e. The first-order valence-corrected chi connectivity index (χ1v) is 13.3. The van der Waals surface area contributed by atoms with Gasteiger partial charge in [-0.25, -0.2) is 4.98 Å². The summed E-state index contributed by atoms with van der Waals surface area (Å²) >= 11 is 0. The van der Waals surface area contributed by atoms with Crippen molar-refractivity contribution in [2.75, 3.05) is 14.1 Å². The van der Waals surface area contributed by atoms with E-state index >= 15 is 0 Å². The van der Waals surface area contributed by atoms with E-state index in [0.717, 1.165) is 5.56 Å². The Morgan fingerprint density at radius 2 is 1.80 bits per heavy atom. The molecule has 1 aromatic heterocycles. The first kappa shape index (κ1) is 29.7. The van der Waals surface area contributed by atoms with Crippen molar-refractivity contribution >= 4 is 36.4 Å². The first-order chi connectivity index (χ1) is 19.4. The molecule has 2 fully saturated rings. The maximum atomic E-state index is 13.8. The molecule has 2 aromatic rings. The number of nitrogens with one attached hydrogen (secondary N) is 2. The molecule has 13 nitrogen and oxygen atoms in total. The van der Waals surface area contributed by atoms with Crippen molar-refractivity contribution in [2.24, 2.45) is 5.92 Å². The molecule has 4 rings (SSSR count). The molecule has 2 aliphatic heterocycles. The number of rotatable bonds is 11. The highest BCUT2D eigenvalue weighted by molar-refractivity contribution is 6.68. The van der Waals surface area contributed by atoms with Crippen molar-refractivity contribution in [3.8, 4) is 0 Å². The van der Waals surface area contributed by atoms with Gasteiger partial charge >= 0.3 is 6.75 Å². The predicted molar refractivity (Wildman–Crippen MR) is 144 cm³/mol. The van der Waals surface area contributed by atoms with Crippen LogP contribution in [0, 0.1) is 5.92 Å². The molecule has 2 saturated heterocycles. The Bertz CT molecular complexity index is 1310. The minimum Gasteiger partial charge on any atom is -0.632 e. The second-order valence-corrected chi connectivity index (χ2v) is 10.9. The molecule has 3 heterocycles. The Morgan fingerprint density at radius 3 is 2.44 bits per heavy atom. The summed E-state index contributed by atoms with van der Waals surface area (Å²) in [5.41, 5.74) is -1.07. The summed E-state index contributed by atoms with van der Waals surface area (Å²) in [7, 11) is 3.03. The van der Waals surface area contributed by atoms with E-state index in [-0.39, 0.29) is 24.5 Å². The van der Waals surface area contributed by atoms with Gasteiger partial charge in [-0.3, -0.25) is 29.0 Å². The molecule has 2 aliphatic rings. The first-order valence-electron chi connectivity index (χ1n) is 13.3. The third-order valence-corrected chi connectivity index (χ3v) is 6.94. The van der Waals surface area contributed by atoms with Crippen LogP contribution in [0.2, 0.25) is 0 Å². The van der Waals surface area contributed by atoms with Crippen LogP contribution in [0.1, 0.15) is 49.2 Å². The molecule has 2 unspecified atom stereocenters. The zero-order chi connectivity index (χ0) is 29.8. The number of fused-ring (bicyclic) bond motifs is 2. The molecule has 2 bridgehead atoms. The van der Waals surface area contributed by atoms with Crippen molar-refractivity contribution in [1.82, 2.24) is 25.5 Å². The second-order valence-electron chi connectivity index (χ2n) is 10.9. The summed E-state index contributed by atoms with van der Waals surface area (Å²) in [6.45, 7) is 0.582. The lowest BCUT2D eigenvalue weighted by atomic mass is 9.64. The van der Waals surface area contributed by atoms with E-state index in [4.69, 9.17) is 14.0 Å². The molecular weight excluding hydrogens is 533 g/mol. The van der Waals surface area contributed by atoms with E-state index in [9.17, 15) is 24.0 Å². The van der Waals surface area contributed by atoms with Gasteiger partial charge in [0, 0.05) is 38.9 Å². The number of aromatic nitrogens is 2. The summed E-state index contributed by atoms with van der Waals surface area (Å²) in [4.78, 5) is 74.3. The minimum absolute atomic E-state index is 0.0181. The van der Waals surface area contributed by atoms with Crippen LogP contribution in [0.3, 0.4) is 0 Å². The van der Waals surface area contributed by atoms with Crippen LogP contribution in [0.25, 0.3) is 0 Å². The number of amides is 3. The fraction of sp³-hybridized carbons (Fsp3) is 0.444. The van der Waals surface area contributed by atoms with Gasteiger partial charge in [0.25, 0.3) is 17.8 Å². The van der Waals surface area contributed by atoms with Gasteiger partial charge in [-0.05, 0) is 11.5 Å². The molecule has 0 spiro atoms. The zero-order valence-corrected chi connectivity index (χ0v) is 23.4. The van der Waals surface area contributed by atoms with Crippen LogP contribution >= 0.6 is 0 Å². The number of nitrogens with zero attached hydrogens (tertiary/aromatic N) is 3. The Labute approximate surface area is 237 Å². The summed E-state index contributed by atoms with van der Waals surface area (Å²) in [6, 6.07) is 7.97. The number of benzene rings is 1. The summed E-state index contributed by atoms with van der Waals surface area (Å²) < 4.78 is 17.2. The number of hydrogen-bond acceptors (Lipinski definition) is 10. The van der Waals surface area contributed by atoms with Gasteiger partial charge in [0.15, 0.2) is 0 Å². The average Bonchev–Trinajstić information content (AvgIpc) is 3.13. The Hall–Kier alpha value is -4.33. The van der Waals surface area contributed by atoms with Gasteiger partial charge in [-0.2, -0.15) is 0 Å². The van der Waals surface area contributed by atoms with Gasteiger partial charge in [-0.1, -0.05) is 50.6 Å². The van der Waals surface area contributed by atoms with E-state index in [1.807, 2.05) is 32.0 Å². The minimum atomic E-state index is -3.15. The molecule has 0 saturated carbocycles. The predicted octanol–water partition coefficient (Wildman–Crippen LogP) is 0.564. The van der Waals surface area contributed by atoms with Crippen LogP contribution in [0.4, 0.5) is 0 Å². The van der Waals surface area contributed by atoms with Crippen molar-refractivity contribution in [2.45, 2.75) is 57.1 Å². The van der Waals surface area contributed by atoms with Crippen molar-refractivity contribution in [1.29, 1.82) is 0 Å². The zero-order valence-electron chi connectivity index (χ0n) is 23.4. The average molecular weight is 566 g/mol. The van der Waals surface area contributed by atoms with Gasteiger partial charge < -0.3 is 29.5 Å². The maximum absolute atomic E-state index is 13.8. The largest absolute Gasteiger partial charge is 0.632 e. The van der Waals surface area contributed by atoms with Crippen molar-refractivity contribution in [3.63, 3.8) is 0 Å². The highest BCUT2D eigenvalue weighted by Gasteiger charge is 2.64. The van der Waals surface area contributed by atoms with Crippen molar-refractivity contribution < 1.29 is 37.9 Å². The van der Waals surface area contributed by atoms with E-state index in [1.54, 1.807) is 12.1 Å².